The number of ether oxygens (including phenoxy) is 2. The standard InChI is InChI=1S/C11H15F3O5S/c12-11(13,14)20(15,16)19-9-5-3-1-2-4-6-10(9)17-7-8-18-10/h5H,1-4,6-8H2/b9-5+. The third-order valence-corrected chi connectivity index (χ3v) is 4.12. The highest BCUT2D eigenvalue weighted by molar-refractivity contribution is 7.87. The number of allylic oxidation sites excluding steroid dienone is 1. The van der Waals surface area contributed by atoms with Gasteiger partial charge >= 0.3 is 15.6 Å². The molecule has 0 aromatic carbocycles. The van der Waals surface area contributed by atoms with Crippen molar-refractivity contribution >= 4 is 10.1 Å². The lowest BCUT2D eigenvalue weighted by Gasteiger charge is -2.30. The van der Waals surface area contributed by atoms with E-state index in [1.165, 1.54) is 6.08 Å². The van der Waals surface area contributed by atoms with E-state index < -0.39 is 27.2 Å². The first-order valence-corrected chi connectivity index (χ1v) is 7.67. The first-order chi connectivity index (χ1) is 9.27. The Bertz CT molecular complexity index is 477. The number of alkyl halides is 3. The summed E-state index contributed by atoms with van der Waals surface area (Å²) in [5, 5.41) is 0. The first kappa shape index (κ1) is 15.6. The number of hydrogen-bond acceptors (Lipinski definition) is 5. The van der Waals surface area contributed by atoms with E-state index in [0.29, 0.717) is 12.8 Å². The van der Waals surface area contributed by atoms with E-state index in [1.807, 2.05) is 0 Å². The molecule has 2 rings (SSSR count). The van der Waals surface area contributed by atoms with Gasteiger partial charge in [-0.2, -0.15) is 21.6 Å². The molecule has 0 aromatic heterocycles. The largest absolute Gasteiger partial charge is 0.534 e. The van der Waals surface area contributed by atoms with Crippen LogP contribution >= 0.6 is 0 Å². The molecule has 116 valence electrons. The molecule has 9 heteroatoms. The second-order valence-electron chi connectivity index (χ2n) is 4.60. The third kappa shape index (κ3) is 3.09. The highest BCUT2D eigenvalue weighted by Gasteiger charge is 2.52. The van der Waals surface area contributed by atoms with Gasteiger partial charge < -0.3 is 13.7 Å². The molecule has 20 heavy (non-hydrogen) atoms. The summed E-state index contributed by atoms with van der Waals surface area (Å²) in [5.41, 5.74) is -5.48. The molecule has 1 saturated heterocycles. The minimum absolute atomic E-state index is 0.187. The topological polar surface area (TPSA) is 61.8 Å². The molecule has 0 amide bonds. The molecular weight excluding hydrogens is 301 g/mol. The molecule has 0 saturated carbocycles. The fourth-order valence-electron chi connectivity index (χ4n) is 2.19. The average molecular weight is 316 g/mol. The van der Waals surface area contributed by atoms with Crippen molar-refractivity contribution in [3.8, 4) is 0 Å². The molecule has 1 spiro atoms. The van der Waals surface area contributed by atoms with Gasteiger partial charge in [0.15, 0.2) is 5.76 Å². The fourth-order valence-corrected chi connectivity index (χ4v) is 2.72. The van der Waals surface area contributed by atoms with Crippen LogP contribution in [0, 0.1) is 0 Å². The summed E-state index contributed by atoms with van der Waals surface area (Å²) in [6.07, 6.45) is 4.27. The quantitative estimate of drug-likeness (QED) is 0.578. The van der Waals surface area contributed by atoms with Crippen molar-refractivity contribution in [1.29, 1.82) is 0 Å². The van der Waals surface area contributed by atoms with Crippen molar-refractivity contribution in [2.75, 3.05) is 13.2 Å². The Morgan fingerprint density at radius 3 is 2.40 bits per heavy atom. The Balaban J connectivity index is 2.29. The van der Waals surface area contributed by atoms with Gasteiger partial charge in [0.05, 0.1) is 13.2 Å². The van der Waals surface area contributed by atoms with Crippen LogP contribution in [0.4, 0.5) is 13.2 Å². The molecule has 0 atom stereocenters. The van der Waals surface area contributed by atoms with E-state index in [1.54, 1.807) is 0 Å². The molecule has 0 N–H and O–H groups in total. The Hall–Kier alpha value is -0.800. The molecule has 1 fully saturated rings. The van der Waals surface area contributed by atoms with Crippen molar-refractivity contribution in [3.63, 3.8) is 0 Å². The van der Waals surface area contributed by atoms with E-state index in [0.717, 1.165) is 12.8 Å². The van der Waals surface area contributed by atoms with Crippen LogP contribution in [0.3, 0.4) is 0 Å². The molecule has 0 unspecified atom stereocenters. The van der Waals surface area contributed by atoms with E-state index in [-0.39, 0.29) is 19.6 Å². The maximum Gasteiger partial charge on any atom is 0.534 e. The minimum atomic E-state index is -5.72. The number of halogens is 3. The Morgan fingerprint density at radius 2 is 1.80 bits per heavy atom. The van der Waals surface area contributed by atoms with Crippen LogP contribution in [0.15, 0.2) is 11.8 Å². The summed E-state index contributed by atoms with van der Waals surface area (Å²) in [7, 11) is -5.72. The average Bonchev–Trinajstić information content (AvgIpc) is 2.78. The van der Waals surface area contributed by atoms with E-state index in [2.05, 4.69) is 4.18 Å². The van der Waals surface area contributed by atoms with Crippen LogP contribution in [0.5, 0.6) is 0 Å². The van der Waals surface area contributed by atoms with Crippen molar-refractivity contribution in [2.45, 2.75) is 43.4 Å². The Morgan fingerprint density at radius 1 is 1.15 bits per heavy atom. The van der Waals surface area contributed by atoms with Gasteiger partial charge in [-0.3, -0.25) is 0 Å². The monoisotopic (exact) mass is 316 g/mol. The summed E-state index contributed by atoms with van der Waals surface area (Å²) in [6, 6.07) is 0. The predicted molar refractivity (Wildman–Crippen MR) is 61.9 cm³/mol. The van der Waals surface area contributed by atoms with Gasteiger partial charge in [-0.25, -0.2) is 0 Å². The zero-order valence-electron chi connectivity index (χ0n) is 10.6. The van der Waals surface area contributed by atoms with Crippen molar-refractivity contribution < 1.29 is 35.2 Å². The zero-order valence-corrected chi connectivity index (χ0v) is 11.4. The molecule has 0 bridgehead atoms. The smallest absolute Gasteiger partial charge is 0.375 e. The molecule has 5 nitrogen and oxygen atoms in total. The molecule has 0 aromatic rings. The summed E-state index contributed by atoms with van der Waals surface area (Å²) in [4.78, 5) is 0. The number of hydrogen-bond donors (Lipinski definition) is 0. The van der Waals surface area contributed by atoms with Gasteiger partial charge in [-0.1, -0.05) is 6.42 Å². The highest BCUT2D eigenvalue weighted by atomic mass is 32.2. The molecule has 1 aliphatic carbocycles. The molecule has 1 heterocycles. The van der Waals surface area contributed by atoms with Crippen LogP contribution in [0.2, 0.25) is 0 Å². The van der Waals surface area contributed by atoms with E-state index in [4.69, 9.17) is 9.47 Å². The minimum Gasteiger partial charge on any atom is -0.375 e. The maximum absolute atomic E-state index is 12.4. The van der Waals surface area contributed by atoms with Gasteiger partial charge in [-0.05, 0) is 25.3 Å². The van der Waals surface area contributed by atoms with Crippen LogP contribution < -0.4 is 0 Å². The van der Waals surface area contributed by atoms with E-state index in [9.17, 15) is 21.6 Å². The Kier molecular flexibility index (Phi) is 4.31. The van der Waals surface area contributed by atoms with Crippen molar-refractivity contribution in [1.82, 2.24) is 0 Å². The van der Waals surface area contributed by atoms with Crippen LogP contribution in [0.1, 0.15) is 32.1 Å². The summed E-state index contributed by atoms with van der Waals surface area (Å²) < 4.78 is 74.5. The third-order valence-electron chi connectivity index (χ3n) is 3.15. The lowest BCUT2D eigenvalue weighted by Crippen LogP contribution is -2.37. The second-order valence-corrected chi connectivity index (χ2v) is 6.14. The van der Waals surface area contributed by atoms with Gasteiger partial charge in [0, 0.05) is 6.42 Å². The summed E-state index contributed by atoms with van der Waals surface area (Å²) >= 11 is 0. The molecular formula is C11H15F3O5S. The first-order valence-electron chi connectivity index (χ1n) is 6.26. The highest BCUT2D eigenvalue weighted by Crippen LogP contribution is 2.39. The van der Waals surface area contributed by atoms with Crippen LogP contribution in [0.25, 0.3) is 0 Å². The zero-order chi connectivity index (χ0) is 14.9. The van der Waals surface area contributed by atoms with Gasteiger partial charge in [0.2, 0.25) is 5.79 Å². The van der Waals surface area contributed by atoms with Crippen molar-refractivity contribution in [3.05, 3.63) is 11.8 Å². The normalized spacial score (nSPS) is 26.6. The van der Waals surface area contributed by atoms with Gasteiger partial charge in [0.25, 0.3) is 0 Å². The summed E-state index contributed by atoms with van der Waals surface area (Å²) in [6.45, 7) is 0.375. The van der Waals surface area contributed by atoms with Crippen LogP contribution in [-0.4, -0.2) is 32.9 Å². The maximum atomic E-state index is 12.4. The van der Waals surface area contributed by atoms with Gasteiger partial charge in [-0.15, -0.1) is 0 Å². The predicted octanol–water partition coefficient (Wildman–Crippen LogP) is 2.44. The lowest BCUT2D eigenvalue weighted by atomic mass is 10.00. The van der Waals surface area contributed by atoms with Crippen LogP contribution in [-0.2, 0) is 23.8 Å². The van der Waals surface area contributed by atoms with Gasteiger partial charge in [0.1, 0.15) is 0 Å². The molecule has 0 radical (unpaired) electrons. The second kappa shape index (κ2) is 5.53. The Labute approximate surface area is 114 Å². The molecule has 1 aliphatic heterocycles. The SMILES string of the molecule is O=S(=O)(O/C1=C/CCCCCC12OCCO2)C(F)(F)F. The summed E-state index contributed by atoms with van der Waals surface area (Å²) in [5.74, 6) is -1.91. The van der Waals surface area contributed by atoms with E-state index >= 15 is 0 Å². The number of rotatable bonds is 2. The lowest BCUT2D eigenvalue weighted by molar-refractivity contribution is -0.153. The molecule has 2 aliphatic rings. The van der Waals surface area contributed by atoms with Crippen molar-refractivity contribution in [2.24, 2.45) is 0 Å². The fraction of sp³-hybridized carbons (Fsp3) is 0.818.